The highest BCUT2D eigenvalue weighted by molar-refractivity contribution is 7.17. The van der Waals surface area contributed by atoms with Crippen LogP contribution in [-0.2, 0) is 9.59 Å². The van der Waals surface area contributed by atoms with Gasteiger partial charge in [0.15, 0.2) is 10.8 Å². The fourth-order valence-electron chi connectivity index (χ4n) is 3.16. The molecule has 148 valence electrons. The first-order valence-electron chi connectivity index (χ1n) is 9.35. The molecule has 2 aromatic heterocycles. The predicted molar refractivity (Wildman–Crippen MR) is 108 cm³/mol. The average molecular weight is 409 g/mol. The number of thiazole rings is 1. The first kappa shape index (κ1) is 19.1. The van der Waals surface area contributed by atoms with Crippen molar-refractivity contribution in [3.8, 4) is 22.0 Å². The molecule has 0 atom stereocenters. The summed E-state index contributed by atoms with van der Waals surface area (Å²) in [6, 6.07) is 13.1. The van der Waals surface area contributed by atoms with E-state index in [1.807, 2.05) is 30.3 Å². The Morgan fingerprint density at radius 2 is 1.86 bits per heavy atom. The Bertz CT molecular complexity index is 1010. The minimum atomic E-state index is -0.238. The maximum Gasteiger partial charge on any atom is 0.263 e. The summed E-state index contributed by atoms with van der Waals surface area (Å²) >= 11 is 1.27. The third kappa shape index (κ3) is 4.12. The van der Waals surface area contributed by atoms with Gasteiger partial charge in [0.05, 0.1) is 12.0 Å². The lowest BCUT2D eigenvalue weighted by atomic mass is 10.1. The van der Waals surface area contributed by atoms with Crippen molar-refractivity contribution in [3.05, 3.63) is 53.6 Å². The summed E-state index contributed by atoms with van der Waals surface area (Å²) in [5, 5.41) is 3.50. The molecular formula is C21H19N3O4S. The number of nitrogens with zero attached hydrogens (tertiary/aromatic N) is 2. The summed E-state index contributed by atoms with van der Waals surface area (Å²) in [5.74, 6) is 0.0898. The molecule has 1 saturated heterocycles. The number of imide groups is 1. The lowest BCUT2D eigenvalue weighted by Crippen LogP contribution is -2.33. The largest absolute Gasteiger partial charge is 0.462 e. The van der Waals surface area contributed by atoms with E-state index in [2.05, 4.69) is 10.3 Å². The minimum Gasteiger partial charge on any atom is -0.462 e. The van der Waals surface area contributed by atoms with Crippen molar-refractivity contribution in [3.63, 3.8) is 0 Å². The quantitative estimate of drug-likeness (QED) is 0.477. The number of hydrogen-bond donors (Lipinski definition) is 1. The van der Waals surface area contributed by atoms with Gasteiger partial charge >= 0.3 is 0 Å². The topological polar surface area (TPSA) is 92.5 Å². The first-order chi connectivity index (χ1) is 14.1. The Kier molecular flexibility index (Phi) is 5.53. The number of aromatic nitrogens is 1. The molecule has 4 rings (SSSR count). The van der Waals surface area contributed by atoms with Crippen LogP contribution in [0.5, 0.6) is 0 Å². The fourth-order valence-corrected chi connectivity index (χ4v) is 4.14. The van der Waals surface area contributed by atoms with Crippen molar-refractivity contribution < 1.29 is 18.8 Å². The molecule has 0 bridgehead atoms. The van der Waals surface area contributed by atoms with Crippen molar-refractivity contribution in [2.75, 3.05) is 13.1 Å². The van der Waals surface area contributed by atoms with Crippen LogP contribution in [0.3, 0.4) is 0 Å². The predicted octanol–water partition coefficient (Wildman–Crippen LogP) is 3.34. The van der Waals surface area contributed by atoms with Gasteiger partial charge in [-0.05, 0) is 18.6 Å². The summed E-state index contributed by atoms with van der Waals surface area (Å²) in [5.41, 5.74) is 1.45. The van der Waals surface area contributed by atoms with Crippen molar-refractivity contribution >= 4 is 29.1 Å². The summed E-state index contributed by atoms with van der Waals surface area (Å²) in [6.07, 6.45) is 2.64. The second kappa shape index (κ2) is 8.40. The van der Waals surface area contributed by atoms with Gasteiger partial charge in [-0.15, -0.1) is 11.3 Å². The minimum absolute atomic E-state index is 0.141. The molecule has 0 radical (unpaired) electrons. The van der Waals surface area contributed by atoms with Gasteiger partial charge in [0.2, 0.25) is 11.8 Å². The van der Waals surface area contributed by atoms with E-state index in [-0.39, 0.29) is 30.6 Å². The molecule has 8 heteroatoms. The van der Waals surface area contributed by atoms with Gasteiger partial charge in [-0.2, -0.15) is 0 Å². The number of furan rings is 1. The van der Waals surface area contributed by atoms with Gasteiger partial charge in [-0.3, -0.25) is 19.3 Å². The van der Waals surface area contributed by atoms with Crippen LogP contribution in [0.15, 0.2) is 53.1 Å². The summed E-state index contributed by atoms with van der Waals surface area (Å²) in [7, 11) is 0. The van der Waals surface area contributed by atoms with Crippen LogP contribution >= 0.6 is 11.3 Å². The van der Waals surface area contributed by atoms with Crippen LogP contribution in [0.25, 0.3) is 22.0 Å². The van der Waals surface area contributed by atoms with Crippen LogP contribution in [0.2, 0.25) is 0 Å². The van der Waals surface area contributed by atoms with E-state index in [0.717, 1.165) is 5.56 Å². The van der Waals surface area contributed by atoms with Crippen LogP contribution < -0.4 is 5.32 Å². The van der Waals surface area contributed by atoms with Gasteiger partial charge < -0.3 is 9.73 Å². The second-order valence-electron chi connectivity index (χ2n) is 6.59. The lowest BCUT2D eigenvalue weighted by Gasteiger charge is -2.13. The van der Waals surface area contributed by atoms with Gasteiger partial charge in [0, 0.05) is 31.5 Å². The molecule has 0 saturated carbocycles. The highest BCUT2D eigenvalue weighted by atomic mass is 32.1. The van der Waals surface area contributed by atoms with E-state index in [1.54, 1.807) is 18.4 Å². The summed E-state index contributed by atoms with van der Waals surface area (Å²) in [6.45, 7) is 0.682. The second-order valence-corrected chi connectivity index (χ2v) is 7.59. The zero-order chi connectivity index (χ0) is 20.2. The Morgan fingerprint density at radius 1 is 1.10 bits per heavy atom. The highest BCUT2D eigenvalue weighted by Gasteiger charge is 2.28. The molecule has 0 spiro atoms. The molecule has 1 N–H and O–H groups in total. The molecule has 3 aromatic rings. The molecule has 3 heterocycles. The van der Waals surface area contributed by atoms with E-state index in [4.69, 9.17) is 4.42 Å². The standard InChI is InChI=1S/C21H19N3O4S/c25-16-9-10-17(26)24(16)12-5-11-22-20(27)19-18(14-6-2-1-3-7-14)23-21(29-19)15-8-4-13-28-15/h1-4,6-8,13H,5,9-12H2,(H,22,27). The Labute approximate surface area is 171 Å². The smallest absolute Gasteiger partial charge is 0.263 e. The third-order valence-corrected chi connectivity index (χ3v) is 5.68. The summed E-state index contributed by atoms with van der Waals surface area (Å²) in [4.78, 5) is 42.5. The molecule has 1 aromatic carbocycles. The Hall–Kier alpha value is -3.26. The van der Waals surface area contributed by atoms with E-state index < -0.39 is 0 Å². The molecule has 1 aliphatic rings. The SMILES string of the molecule is O=C(NCCCN1C(=O)CCC1=O)c1sc(-c2ccco2)nc1-c1ccccc1. The Balaban J connectivity index is 1.47. The zero-order valence-corrected chi connectivity index (χ0v) is 16.4. The van der Waals surface area contributed by atoms with E-state index in [9.17, 15) is 14.4 Å². The molecule has 3 amide bonds. The van der Waals surface area contributed by atoms with Gasteiger partial charge in [-0.1, -0.05) is 30.3 Å². The number of hydrogen-bond acceptors (Lipinski definition) is 6. The van der Waals surface area contributed by atoms with Crippen molar-refractivity contribution in [1.29, 1.82) is 0 Å². The maximum atomic E-state index is 12.8. The van der Waals surface area contributed by atoms with Gasteiger partial charge in [0.1, 0.15) is 4.88 Å². The average Bonchev–Trinajstić information content (AvgIpc) is 3.47. The molecule has 7 nitrogen and oxygen atoms in total. The van der Waals surface area contributed by atoms with Crippen LogP contribution in [-0.4, -0.2) is 40.7 Å². The molecule has 1 aliphatic heterocycles. The highest BCUT2D eigenvalue weighted by Crippen LogP contribution is 2.34. The molecule has 29 heavy (non-hydrogen) atoms. The number of nitrogens with one attached hydrogen (secondary N) is 1. The third-order valence-electron chi connectivity index (χ3n) is 4.61. The number of amides is 3. The number of carbonyl (C=O) groups is 3. The maximum absolute atomic E-state index is 12.8. The fraction of sp³-hybridized carbons (Fsp3) is 0.238. The molecule has 0 aliphatic carbocycles. The summed E-state index contributed by atoms with van der Waals surface area (Å²) < 4.78 is 5.43. The van der Waals surface area contributed by atoms with Gasteiger partial charge in [-0.25, -0.2) is 4.98 Å². The lowest BCUT2D eigenvalue weighted by molar-refractivity contribution is -0.138. The van der Waals surface area contributed by atoms with Crippen LogP contribution in [0.1, 0.15) is 28.9 Å². The van der Waals surface area contributed by atoms with Crippen molar-refractivity contribution in [2.24, 2.45) is 0 Å². The molecule has 0 unspecified atom stereocenters. The number of benzene rings is 1. The van der Waals surface area contributed by atoms with Crippen molar-refractivity contribution in [1.82, 2.24) is 15.2 Å². The normalized spacial score (nSPS) is 13.9. The van der Waals surface area contributed by atoms with Crippen LogP contribution in [0.4, 0.5) is 0 Å². The van der Waals surface area contributed by atoms with Crippen molar-refractivity contribution in [2.45, 2.75) is 19.3 Å². The number of carbonyl (C=O) groups excluding carboxylic acids is 3. The molecular weight excluding hydrogens is 390 g/mol. The number of rotatable bonds is 7. The molecule has 1 fully saturated rings. The monoisotopic (exact) mass is 409 g/mol. The van der Waals surface area contributed by atoms with E-state index in [1.165, 1.54) is 16.2 Å². The van der Waals surface area contributed by atoms with E-state index >= 15 is 0 Å². The number of likely N-dealkylation sites (tertiary alicyclic amines) is 1. The Morgan fingerprint density at radius 3 is 2.55 bits per heavy atom. The zero-order valence-electron chi connectivity index (χ0n) is 15.6. The first-order valence-corrected chi connectivity index (χ1v) is 10.2. The van der Waals surface area contributed by atoms with E-state index in [0.29, 0.717) is 40.8 Å². The van der Waals surface area contributed by atoms with Crippen LogP contribution in [0, 0.1) is 0 Å². The van der Waals surface area contributed by atoms with Gasteiger partial charge in [0.25, 0.3) is 5.91 Å².